The smallest absolute Gasteiger partial charge is 0.242 e. The van der Waals surface area contributed by atoms with Crippen molar-refractivity contribution in [2.75, 3.05) is 32.0 Å². The number of nitrogens with zero attached hydrogens (tertiary/aromatic N) is 1. The third-order valence-corrected chi connectivity index (χ3v) is 3.62. The maximum absolute atomic E-state index is 12.3. The molecule has 2 N–H and O–H groups in total. The molecule has 1 aromatic rings. The number of carbonyl (C=O) groups excluding carboxylic acids is 1. The van der Waals surface area contributed by atoms with Gasteiger partial charge in [-0.15, -0.1) is 0 Å². The SMILES string of the molecule is Cc1cc(C)c(NC(=O)C2CN(C)CCN2)c(C)c1. The Kier molecular flexibility index (Phi) is 4.22. The molecule has 1 unspecified atom stereocenters. The number of aryl methyl sites for hydroxylation is 3. The van der Waals surface area contributed by atoms with Crippen LogP contribution < -0.4 is 10.6 Å². The minimum Gasteiger partial charge on any atom is -0.324 e. The molecule has 1 aliphatic rings. The van der Waals surface area contributed by atoms with Gasteiger partial charge in [0.05, 0.1) is 6.04 Å². The molecule has 4 heteroatoms. The van der Waals surface area contributed by atoms with Crippen molar-refractivity contribution in [1.82, 2.24) is 10.2 Å². The fraction of sp³-hybridized carbons (Fsp3) is 0.533. The summed E-state index contributed by atoms with van der Waals surface area (Å²) < 4.78 is 0. The molecule has 104 valence electrons. The third-order valence-electron chi connectivity index (χ3n) is 3.62. The molecule has 1 heterocycles. The zero-order valence-corrected chi connectivity index (χ0v) is 12.2. The van der Waals surface area contributed by atoms with Gasteiger partial charge in [-0.3, -0.25) is 4.79 Å². The second kappa shape index (κ2) is 5.72. The van der Waals surface area contributed by atoms with E-state index in [0.29, 0.717) is 0 Å². The van der Waals surface area contributed by atoms with Crippen LogP contribution >= 0.6 is 0 Å². The summed E-state index contributed by atoms with van der Waals surface area (Å²) in [5.74, 6) is 0.0570. The van der Waals surface area contributed by atoms with Gasteiger partial charge in [0.2, 0.25) is 5.91 Å². The highest BCUT2D eigenvalue weighted by Gasteiger charge is 2.24. The minimum atomic E-state index is -0.126. The molecule has 1 aliphatic heterocycles. The molecule has 1 aromatic carbocycles. The number of likely N-dealkylation sites (N-methyl/N-ethyl adjacent to an activating group) is 1. The molecule has 1 amide bonds. The molecular weight excluding hydrogens is 238 g/mol. The van der Waals surface area contributed by atoms with Gasteiger partial charge in [-0.25, -0.2) is 0 Å². The molecule has 4 nitrogen and oxygen atoms in total. The van der Waals surface area contributed by atoms with Crippen LogP contribution in [0, 0.1) is 20.8 Å². The lowest BCUT2D eigenvalue weighted by molar-refractivity contribution is -0.119. The fourth-order valence-electron chi connectivity index (χ4n) is 2.66. The number of amides is 1. The first-order valence-electron chi connectivity index (χ1n) is 6.78. The molecule has 0 aromatic heterocycles. The number of rotatable bonds is 2. The maximum Gasteiger partial charge on any atom is 0.242 e. The highest BCUT2D eigenvalue weighted by atomic mass is 16.2. The number of piperazine rings is 1. The van der Waals surface area contributed by atoms with Gasteiger partial charge in [0.25, 0.3) is 0 Å². The van der Waals surface area contributed by atoms with Gasteiger partial charge in [-0.05, 0) is 38.9 Å². The van der Waals surface area contributed by atoms with Gasteiger partial charge in [0.1, 0.15) is 0 Å². The largest absolute Gasteiger partial charge is 0.324 e. The lowest BCUT2D eigenvalue weighted by Crippen LogP contribution is -2.54. The van der Waals surface area contributed by atoms with E-state index in [-0.39, 0.29) is 11.9 Å². The van der Waals surface area contributed by atoms with E-state index in [0.717, 1.165) is 36.4 Å². The quantitative estimate of drug-likeness (QED) is 0.847. The van der Waals surface area contributed by atoms with Crippen molar-refractivity contribution in [1.29, 1.82) is 0 Å². The van der Waals surface area contributed by atoms with Crippen molar-refractivity contribution >= 4 is 11.6 Å². The number of anilines is 1. The lowest BCUT2D eigenvalue weighted by Gasteiger charge is -2.30. The molecule has 1 fully saturated rings. The molecule has 2 rings (SSSR count). The van der Waals surface area contributed by atoms with E-state index < -0.39 is 0 Å². The van der Waals surface area contributed by atoms with Crippen LogP contribution in [0.3, 0.4) is 0 Å². The zero-order chi connectivity index (χ0) is 14.0. The zero-order valence-electron chi connectivity index (χ0n) is 12.2. The van der Waals surface area contributed by atoms with Crippen molar-refractivity contribution in [2.24, 2.45) is 0 Å². The summed E-state index contributed by atoms with van der Waals surface area (Å²) >= 11 is 0. The maximum atomic E-state index is 12.3. The van der Waals surface area contributed by atoms with Gasteiger partial charge in [0, 0.05) is 25.3 Å². The first-order valence-corrected chi connectivity index (χ1v) is 6.78. The molecule has 19 heavy (non-hydrogen) atoms. The van der Waals surface area contributed by atoms with E-state index in [9.17, 15) is 4.79 Å². The van der Waals surface area contributed by atoms with Crippen LogP contribution in [0.2, 0.25) is 0 Å². The van der Waals surface area contributed by atoms with Crippen molar-refractivity contribution in [3.63, 3.8) is 0 Å². The Morgan fingerprint density at radius 1 is 1.32 bits per heavy atom. The van der Waals surface area contributed by atoms with Crippen molar-refractivity contribution in [3.8, 4) is 0 Å². The molecule has 0 aliphatic carbocycles. The van der Waals surface area contributed by atoms with E-state index in [2.05, 4.69) is 34.6 Å². The Morgan fingerprint density at radius 3 is 2.53 bits per heavy atom. The Labute approximate surface area is 115 Å². The summed E-state index contributed by atoms with van der Waals surface area (Å²) in [6.45, 7) is 8.76. The van der Waals surface area contributed by atoms with Crippen LogP contribution in [-0.4, -0.2) is 43.5 Å². The first-order chi connectivity index (χ1) is 8.97. The number of benzene rings is 1. The average Bonchev–Trinajstić information content (AvgIpc) is 2.33. The van der Waals surface area contributed by atoms with Crippen LogP contribution in [0.25, 0.3) is 0 Å². The van der Waals surface area contributed by atoms with Crippen LogP contribution in [0.15, 0.2) is 12.1 Å². The second-order valence-corrected chi connectivity index (χ2v) is 5.53. The van der Waals surface area contributed by atoms with Gasteiger partial charge in [-0.2, -0.15) is 0 Å². The van der Waals surface area contributed by atoms with Crippen LogP contribution in [0.1, 0.15) is 16.7 Å². The van der Waals surface area contributed by atoms with Crippen molar-refractivity contribution < 1.29 is 4.79 Å². The van der Waals surface area contributed by atoms with Crippen molar-refractivity contribution in [3.05, 3.63) is 28.8 Å². The van der Waals surface area contributed by atoms with E-state index in [1.54, 1.807) is 0 Å². The van der Waals surface area contributed by atoms with Crippen LogP contribution in [0.5, 0.6) is 0 Å². The third kappa shape index (κ3) is 3.33. The normalized spacial score (nSPS) is 20.3. The van der Waals surface area contributed by atoms with E-state index in [1.807, 2.05) is 20.9 Å². The summed E-state index contributed by atoms with van der Waals surface area (Å²) in [5.41, 5.74) is 4.42. The minimum absolute atomic E-state index is 0.0570. The van der Waals surface area contributed by atoms with Crippen LogP contribution in [0.4, 0.5) is 5.69 Å². The Hall–Kier alpha value is -1.39. The topological polar surface area (TPSA) is 44.4 Å². The summed E-state index contributed by atoms with van der Waals surface area (Å²) in [5, 5.41) is 6.33. The summed E-state index contributed by atoms with van der Waals surface area (Å²) in [6, 6.07) is 4.07. The average molecular weight is 261 g/mol. The predicted molar refractivity (Wildman–Crippen MR) is 78.6 cm³/mol. The highest BCUT2D eigenvalue weighted by molar-refractivity contribution is 5.96. The van der Waals surface area contributed by atoms with E-state index in [1.165, 1.54) is 5.56 Å². The highest BCUT2D eigenvalue weighted by Crippen LogP contribution is 2.22. The predicted octanol–water partition coefficient (Wildman–Crippen LogP) is 1.45. The van der Waals surface area contributed by atoms with Crippen molar-refractivity contribution in [2.45, 2.75) is 26.8 Å². The Balaban J connectivity index is 2.10. The van der Waals surface area contributed by atoms with Gasteiger partial charge in [-0.1, -0.05) is 17.7 Å². The Morgan fingerprint density at radius 2 is 1.95 bits per heavy atom. The fourth-order valence-corrected chi connectivity index (χ4v) is 2.66. The van der Waals surface area contributed by atoms with Gasteiger partial charge >= 0.3 is 0 Å². The molecular formula is C15H23N3O. The van der Waals surface area contributed by atoms with Crippen LogP contribution in [-0.2, 0) is 4.79 Å². The number of carbonyl (C=O) groups is 1. The lowest BCUT2D eigenvalue weighted by atomic mass is 10.0. The Bertz CT molecular complexity index is 461. The summed E-state index contributed by atoms with van der Waals surface area (Å²) in [6.07, 6.45) is 0. The van der Waals surface area contributed by atoms with Gasteiger partial charge in [0.15, 0.2) is 0 Å². The molecule has 0 bridgehead atoms. The molecule has 0 saturated carbocycles. The second-order valence-electron chi connectivity index (χ2n) is 5.53. The summed E-state index contributed by atoms with van der Waals surface area (Å²) in [4.78, 5) is 14.5. The summed E-state index contributed by atoms with van der Waals surface area (Å²) in [7, 11) is 2.05. The van der Waals surface area contributed by atoms with Gasteiger partial charge < -0.3 is 15.5 Å². The molecule has 1 atom stereocenters. The monoisotopic (exact) mass is 261 g/mol. The van der Waals surface area contributed by atoms with E-state index in [4.69, 9.17) is 0 Å². The molecule has 0 radical (unpaired) electrons. The number of nitrogens with one attached hydrogen (secondary N) is 2. The molecule has 1 saturated heterocycles. The van der Waals surface area contributed by atoms with E-state index >= 15 is 0 Å². The number of hydrogen-bond acceptors (Lipinski definition) is 3. The number of hydrogen-bond donors (Lipinski definition) is 2. The first kappa shape index (κ1) is 14.0. The molecule has 0 spiro atoms. The standard InChI is InChI=1S/C15H23N3O/c1-10-7-11(2)14(12(3)8-10)17-15(19)13-9-18(4)6-5-16-13/h7-8,13,16H,5-6,9H2,1-4H3,(H,17,19).